The molecule has 1 heterocycles. The Morgan fingerprint density at radius 1 is 0.836 bits per heavy atom. The largest absolute Gasteiger partial charge is 0.430 e. The number of carbonyl (C=O) groups excluding carboxylic acids is 1. The molecule has 18 atom stereocenters. The predicted molar refractivity (Wildman–Crippen MR) is 188 cm³/mol. The van der Waals surface area contributed by atoms with Crippen LogP contribution in [-0.4, -0.2) is 168 Å². The van der Waals surface area contributed by atoms with Gasteiger partial charge in [-0.2, -0.15) is 0 Å². The van der Waals surface area contributed by atoms with Crippen LogP contribution >= 0.6 is 0 Å². The maximum Gasteiger partial charge on any atom is 0.314 e. The van der Waals surface area contributed by atoms with Crippen LogP contribution in [0.15, 0.2) is 12.2 Å². The molecule has 0 spiro atoms. The molecule has 3 aliphatic carbocycles. The molecule has 0 aromatic carbocycles. The van der Waals surface area contributed by atoms with Gasteiger partial charge in [-0.15, -0.1) is 0 Å². The van der Waals surface area contributed by atoms with E-state index in [0.29, 0.717) is 44.1 Å². The summed E-state index contributed by atoms with van der Waals surface area (Å²) in [4.78, 5) is 13.9. The van der Waals surface area contributed by atoms with Gasteiger partial charge in [0.1, 0.15) is 36.6 Å². The van der Waals surface area contributed by atoms with Gasteiger partial charge in [0.2, 0.25) is 18.9 Å². The van der Waals surface area contributed by atoms with Crippen molar-refractivity contribution in [3.63, 3.8) is 0 Å². The van der Waals surface area contributed by atoms with Crippen LogP contribution in [0.1, 0.15) is 79.1 Å². The van der Waals surface area contributed by atoms with Crippen molar-refractivity contribution < 1.29 is 89.4 Å². The second-order valence-electron chi connectivity index (χ2n) is 16.3. The highest BCUT2D eigenvalue weighted by molar-refractivity contribution is 5.77. The lowest BCUT2D eigenvalue weighted by Gasteiger charge is -2.59. The Kier molecular flexibility index (Phi) is 16.4. The summed E-state index contributed by atoms with van der Waals surface area (Å²) in [6, 6.07) is 0. The van der Waals surface area contributed by atoms with Gasteiger partial charge in [0.05, 0.1) is 43.5 Å². The fraction of sp³-hybridized carbons (Fsp3) is 0.919. The molecular weight excluding hydrogens is 732 g/mol. The quantitative estimate of drug-likeness (QED) is 0.0436. The van der Waals surface area contributed by atoms with E-state index >= 15 is 0 Å². The van der Waals surface area contributed by atoms with Gasteiger partial charge in [-0.25, -0.2) is 0 Å². The summed E-state index contributed by atoms with van der Waals surface area (Å²) in [5.41, 5.74) is -0.716. The van der Waals surface area contributed by atoms with Gasteiger partial charge in [-0.05, 0) is 94.5 Å². The molecule has 15 unspecified atom stereocenters. The van der Waals surface area contributed by atoms with Crippen LogP contribution in [0.4, 0.5) is 0 Å². The molecule has 0 radical (unpaired) electrons. The van der Waals surface area contributed by atoms with Crippen LogP contribution in [0.2, 0.25) is 0 Å². The molecule has 55 heavy (non-hydrogen) atoms. The monoisotopic (exact) mass is 796 g/mol. The van der Waals surface area contributed by atoms with Gasteiger partial charge in [-0.3, -0.25) is 4.79 Å². The summed E-state index contributed by atoms with van der Waals surface area (Å²) in [6.45, 7) is 8.97. The molecule has 18 nitrogen and oxygen atoms in total. The summed E-state index contributed by atoms with van der Waals surface area (Å²) in [7, 11) is 0. The molecular formula is C37H64O18. The molecule has 0 bridgehead atoms. The Hall–Kier alpha value is -1.43. The zero-order chi connectivity index (χ0) is 41.0. The second-order valence-corrected chi connectivity index (χ2v) is 16.3. The first-order valence-corrected chi connectivity index (χ1v) is 19.3. The zero-order valence-electron chi connectivity index (χ0n) is 32.1. The molecule has 1 aliphatic heterocycles. The van der Waals surface area contributed by atoms with E-state index in [1.807, 2.05) is 6.92 Å². The number of hydrogen-bond acceptors (Lipinski definition) is 18. The first-order valence-electron chi connectivity index (χ1n) is 19.3. The number of carbonyl (C=O) groups is 1. The molecule has 3 saturated carbocycles. The van der Waals surface area contributed by atoms with E-state index in [1.165, 1.54) is 13.8 Å². The SMILES string of the molecule is C=C1CC2CCC3[C@](C)(C(=O)OC(OC(CO)C(C)O)C(O)O)CCC[C@@]3(C)[C@@H]2CCC1OC(OC(CO)C(C)O)C(O)OC1OC(CO)C(O)C(O)C1O. The van der Waals surface area contributed by atoms with Gasteiger partial charge in [0.15, 0.2) is 6.29 Å². The average Bonchev–Trinajstić information content (AvgIpc) is 3.29. The molecule has 320 valence electrons. The lowest BCUT2D eigenvalue weighted by Crippen LogP contribution is -2.60. The Morgan fingerprint density at radius 2 is 1.45 bits per heavy atom. The van der Waals surface area contributed by atoms with Crippen molar-refractivity contribution in [3.8, 4) is 0 Å². The van der Waals surface area contributed by atoms with Gasteiger partial charge >= 0.3 is 5.97 Å². The summed E-state index contributed by atoms with van der Waals surface area (Å²) >= 11 is 0. The highest BCUT2D eigenvalue weighted by atomic mass is 16.8. The number of aliphatic hydroxyl groups is 11. The Labute approximate surface area is 321 Å². The highest BCUT2D eigenvalue weighted by Crippen LogP contribution is 2.64. The topological polar surface area (TPSA) is 295 Å². The lowest BCUT2D eigenvalue weighted by atomic mass is 9.45. The zero-order valence-corrected chi connectivity index (χ0v) is 32.1. The Bertz CT molecular complexity index is 1230. The third-order valence-electron chi connectivity index (χ3n) is 12.6. The second kappa shape index (κ2) is 19.5. The van der Waals surface area contributed by atoms with Crippen LogP contribution in [-0.2, 0) is 33.2 Å². The third-order valence-corrected chi connectivity index (χ3v) is 12.6. The maximum absolute atomic E-state index is 13.9. The van der Waals surface area contributed by atoms with E-state index in [4.69, 9.17) is 28.4 Å². The fourth-order valence-corrected chi connectivity index (χ4v) is 9.42. The Morgan fingerprint density at radius 3 is 2.02 bits per heavy atom. The van der Waals surface area contributed by atoms with Crippen LogP contribution in [0.25, 0.3) is 0 Å². The third kappa shape index (κ3) is 10.2. The first-order chi connectivity index (χ1) is 25.8. The lowest BCUT2D eigenvalue weighted by molar-refractivity contribution is -0.372. The molecule has 4 rings (SSSR count). The van der Waals surface area contributed by atoms with Gasteiger partial charge < -0.3 is 84.6 Å². The van der Waals surface area contributed by atoms with Crippen molar-refractivity contribution >= 4 is 5.97 Å². The summed E-state index contributed by atoms with van der Waals surface area (Å²) in [6.07, 6.45) is -16.8. The number of aliphatic hydroxyl groups excluding tert-OH is 10. The standard InChI is InChI=1S/C37H64O18/c1-17-13-20-7-10-26-36(4,11-6-12-37(26,5)35(49)55-33(30(46)47)51-23(14-38)18(2)41)21(20)8-9-22(17)50-34(52-24(15-39)19(3)42)31(48)54-32-29(45)28(44)27(43)25(16-40)53-32/h18-34,38-48H,1,6-16H2,2-5H3/t18?,19?,20?,21-,22?,23?,24?,25?,26?,27?,28?,29?,31?,32?,33?,34?,36+,37-/m1/s1. The van der Waals surface area contributed by atoms with E-state index in [2.05, 4.69) is 13.5 Å². The van der Waals surface area contributed by atoms with E-state index in [0.717, 1.165) is 12.8 Å². The molecule has 0 aromatic rings. The van der Waals surface area contributed by atoms with Crippen LogP contribution in [0.3, 0.4) is 0 Å². The van der Waals surface area contributed by atoms with E-state index in [1.54, 1.807) is 0 Å². The molecule has 0 aromatic heterocycles. The molecule has 0 amide bonds. The Balaban J connectivity index is 1.52. The van der Waals surface area contributed by atoms with Gasteiger partial charge in [0.25, 0.3) is 6.29 Å². The number of fused-ring (bicyclic) bond motifs is 3. The number of rotatable bonds is 17. The summed E-state index contributed by atoms with van der Waals surface area (Å²) in [5, 5.41) is 111. The molecule has 4 fully saturated rings. The van der Waals surface area contributed by atoms with Crippen molar-refractivity contribution in [3.05, 3.63) is 12.2 Å². The van der Waals surface area contributed by atoms with Gasteiger partial charge in [-0.1, -0.05) is 19.9 Å². The minimum absolute atomic E-state index is 0.0748. The molecule has 1 saturated heterocycles. The normalized spacial score (nSPS) is 39.5. The van der Waals surface area contributed by atoms with Crippen LogP contribution < -0.4 is 0 Å². The molecule has 4 aliphatic rings. The van der Waals surface area contributed by atoms with Crippen molar-refractivity contribution in [1.82, 2.24) is 0 Å². The number of esters is 1. The van der Waals surface area contributed by atoms with Crippen LogP contribution in [0, 0.1) is 28.6 Å². The first kappa shape index (κ1) is 46.3. The van der Waals surface area contributed by atoms with E-state index < -0.39 is 118 Å². The van der Waals surface area contributed by atoms with Crippen molar-refractivity contribution in [1.29, 1.82) is 0 Å². The molecule has 11 N–H and O–H groups in total. The summed E-state index contributed by atoms with van der Waals surface area (Å²) < 4.78 is 33.9. The minimum Gasteiger partial charge on any atom is -0.430 e. The van der Waals surface area contributed by atoms with Crippen molar-refractivity contribution in [2.45, 2.75) is 165 Å². The smallest absolute Gasteiger partial charge is 0.314 e. The van der Waals surface area contributed by atoms with E-state index in [-0.39, 0.29) is 23.2 Å². The molecule has 18 heteroatoms. The van der Waals surface area contributed by atoms with Crippen LogP contribution in [0.5, 0.6) is 0 Å². The number of ether oxygens (including phenoxy) is 6. The summed E-state index contributed by atoms with van der Waals surface area (Å²) in [5.74, 6) is -0.627. The fourth-order valence-electron chi connectivity index (χ4n) is 9.42. The van der Waals surface area contributed by atoms with Crippen molar-refractivity contribution in [2.75, 3.05) is 19.8 Å². The highest BCUT2D eigenvalue weighted by Gasteiger charge is 2.60. The predicted octanol–water partition coefficient (Wildman–Crippen LogP) is -1.89. The minimum atomic E-state index is -2.22. The van der Waals surface area contributed by atoms with Gasteiger partial charge in [0, 0.05) is 0 Å². The van der Waals surface area contributed by atoms with E-state index in [9.17, 15) is 61.0 Å². The van der Waals surface area contributed by atoms with Crippen molar-refractivity contribution in [2.24, 2.45) is 28.6 Å². The maximum atomic E-state index is 13.9. The number of hydrogen-bond donors (Lipinski definition) is 11. The average molecular weight is 797 g/mol.